The largest absolute Gasteiger partial charge is 1.00 e. The summed E-state index contributed by atoms with van der Waals surface area (Å²) in [6, 6.07) is 0. The fourth-order valence-corrected chi connectivity index (χ4v) is 6.55. The minimum absolute atomic E-state index is 0. The maximum absolute atomic E-state index is 4.26. The number of hydrogen-bond donors (Lipinski definition) is 0. The quantitative estimate of drug-likeness (QED) is 0.497. The molecule has 2 fully saturated rings. The summed E-state index contributed by atoms with van der Waals surface area (Å²) in [5.41, 5.74) is 5.92. The van der Waals surface area contributed by atoms with Crippen molar-refractivity contribution in [3.8, 4) is 0 Å². The van der Waals surface area contributed by atoms with Crippen LogP contribution in [-0.2, 0) is 0 Å². The molecule has 1 nitrogen and oxygen atoms in total. The molecule has 0 spiro atoms. The van der Waals surface area contributed by atoms with Crippen LogP contribution in [0.15, 0.2) is 23.3 Å². The predicted molar refractivity (Wildman–Crippen MR) is 87.4 cm³/mol. The second kappa shape index (κ2) is 7.13. The van der Waals surface area contributed by atoms with Crippen molar-refractivity contribution in [3.63, 3.8) is 0 Å². The van der Waals surface area contributed by atoms with E-state index in [9.17, 15) is 0 Å². The first-order chi connectivity index (χ1) is 9.58. The Morgan fingerprint density at radius 2 is 1.91 bits per heavy atom. The average Bonchev–Trinajstić information content (AvgIpc) is 2.79. The zero-order valence-corrected chi connectivity index (χ0v) is 18.0. The Morgan fingerprint density at radius 3 is 2.68 bits per heavy atom. The fraction of sp³-hybridized carbons (Fsp3) is 0.800. The topological polar surface area (TPSA) is 30.0 Å². The van der Waals surface area contributed by atoms with E-state index in [2.05, 4.69) is 20.4 Å². The van der Waals surface area contributed by atoms with E-state index < -0.39 is 0 Å². The molecule has 0 radical (unpaired) electrons. The normalized spacial score (nSPS) is 43.5. The molecule has 0 aromatic rings. The summed E-state index contributed by atoms with van der Waals surface area (Å²) in [4.78, 5) is 0. The van der Waals surface area contributed by atoms with Gasteiger partial charge in [0.15, 0.2) is 0 Å². The van der Waals surface area contributed by atoms with E-state index in [1.807, 2.05) is 11.1 Å². The maximum atomic E-state index is 4.26. The first-order valence-corrected chi connectivity index (χ1v) is 8.96. The summed E-state index contributed by atoms with van der Waals surface area (Å²) in [5, 5.41) is 0. The number of fused-ring (bicyclic) bond motifs is 4. The standard InChI is InChI=1S/C20H30.K.H2O/c1-13-6-7-16-15(11-13)12-14(2)19-17(16)8-10-20(3)9-4-5-18(19)20;;/h14,17-19H,1,4-12H2,2-3H3;;1H2/q;+1;/p-1/t14-,17-,18+,19-,20+;;/m1../s1. The zero-order valence-electron chi connectivity index (χ0n) is 14.8. The fourth-order valence-electron chi connectivity index (χ4n) is 6.55. The molecule has 0 amide bonds. The van der Waals surface area contributed by atoms with Crippen molar-refractivity contribution >= 4 is 0 Å². The summed E-state index contributed by atoms with van der Waals surface area (Å²) < 4.78 is 0. The van der Waals surface area contributed by atoms with Crippen molar-refractivity contribution in [3.05, 3.63) is 23.3 Å². The van der Waals surface area contributed by atoms with Crippen LogP contribution in [-0.4, -0.2) is 5.48 Å². The van der Waals surface area contributed by atoms with E-state index in [0.29, 0.717) is 5.41 Å². The summed E-state index contributed by atoms with van der Waals surface area (Å²) in [6.07, 6.45) is 12.8. The predicted octanol–water partition coefficient (Wildman–Crippen LogP) is 2.72. The first kappa shape index (κ1) is 19.4. The average molecular weight is 327 g/mol. The van der Waals surface area contributed by atoms with E-state index in [4.69, 9.17) is 0 Å². The minimum atomic E-state index is 0. The Balaban J connectivity index is 0.000000882. The Hall–Kier alpha value is 1.08. The van der Waals surface area contributed by atoms with Gasteiger partial charge in [-0.1, -0.05) is 43.6 Å². The Bertz CT molecular complexity index is 480. The smallest absolute Gasteiger partial charge is 0.870 e. The second-order valence-electron chi connectivity index (χ2n) is 8.61. The molecule has 1 N–H and O–H groups in total. The molecule has 22 heavy (non-hydrogen) atoms. The Kier molecular flexibility index (Phi) is 6.29. The number of rotatable bonds is 0. The van der Waals surface area contributed by atoms with Crippen LogP contribution in [0, 0.1) is 29.1 Å². The summed E-state index contributed by atoms with van der Waals surface area (Å²) in [7, 11) is 0. The van der Waals surface area contributed by atoms with Crippen molar-refractivity contribution in [2.24, 2.45) is 29.1 Å². The van der Waals surface area contributed by atoms with Gasteiger partial charge in [0, 0.05) is 0 Å². The van der Waals surface area contributed by atoms with Gasteiger partial charge in [0.1, 0.15) is 0 Å². The monoisotopic (exact) mass is 326 g/mol. The van der Waals surface area contributed by atoms with Crippen LogP contribution in [0.4, 0.5) is 0 Å². The zero-order chi connectivity index (χ0) is 13.9. The molecule has 4 aliphatic rings. The maximum Gasteiger partial charge on any atom is 1.00 e. The van der Waals surface area contributed by atoms with Crippen LogP contribution in [0.3, 0.4) is 0 Å². The van der Waals surface area contributed by atoms with Crippen LogP contribution in [0.2, 0.25) is 0 Å². The van der Waals surface area contributed by atoms with Gasteiger partial charge in [-0.3, -0.25) is 0 Å². The third-order valence-electron chi connectivity index (χ3n) is 7.45. The summed E-state index contributed by atoms with van der Waals surface area (Å²) in [6.45, 7) is 9.43. The summed E-state index contributed by atoms with van der Waals surface area (Å²) in [5.74, 6) is 3.93. The SMILES string of the molecule is C=C1CCC2=C(C1)C[C@@H](C)[C@@H]1[C@@H]2CC[C@]2(C)CCC[C@@H]12.[K+].[OH-]. The molecular formula is C20H31KO. The number of allylic oxidation sites excluding steroid dienone is 3. The number of hydrogen-bond acceptors (Lipinski definition) is 1. The van der Waals surface area contributed by atoms with Gasteiger partial charge in [-0.25, -0.2) is 0 Å². The van der Waals surface area contributed by atoms with Crippen molar-refractivity contribution < 1.29 is 56.9 Å². The summed E-state index contributed by atoms with van der Waals surface area (Å²) >= 11 is 0. The molecule has 5 atom stereocenters. The molecule has 2 saturated carbocycles. The Labute approximate surface area is 179 Å². The molecule has 0 bridgehead atoms. The van der Waals surface area contributed by atoms with Crippen molar-refractivity contribution in [1.29, 1.82) is 0 Å². The van der Waals surface area contributed by atoms with E-state index in [1.165, 1.54) is 63.4 Å². The van der Waals surface area contributed by atoms with Gasteiger partial charge >= 0.3 is 51.4 Å². The van der Waals surface area contributed by atoms with Gasteiger partial charge in [0.05, 0.1) is 0 Å². The van der Waals surface area contributed by atoms with Gasteiger partial charge in [-0.15, -0.1) is 0 Å². The van der Waals surface area contributed by atoms with Gasteiger partial charge in [-0.05, 0) is 80.5 Å². The molecule has 0 aliphatic heterocycles. The van der Waals surface area contributed by atoms with E-state index in [0.717, 1.165) is 23.7 Å². The molecule has 0 aromatic heterocycles. The van der Waals surface area contributed by atoms with Gasteiger partial charge in [-0.2, -0.15) is 0 Å². The third kappa shape index (κ3) is 3.02. The first-order valence-electron chi connectivity index (χ1n) is 8.96. The minimum Gasteiger partial charge on any atom is -0.870 e. The van der Waals surface area contributed by atoms with Crippen molar-refractivity contribution in [1.82, 2.24) is 0 Å². The van der Waals surface area contributed by atoms with Crippen molar-refractivity contribution in [2.75, 3.05) is 0 Å². The van der Waals surface area contributed by atoms with Crippen LogP contribution >= 0.6 is 0 Å². The molecular weight excluding hydrogens is 295 g/mol. The molecule has 2 heteroatoms. The van der Waals surface area contributed by atoms with E-state index in [1.54, 1.807) is 0 Å². The van der Waals surface area contributed by atoms with Crippen LogP contribution < -0.4 is 51.4 Å². The third-order valence-corrected chi connectivity index (χ3v) is 7.45. The van der Waals surface area contributed by atoms with Crippen LogP contribution in [0.25, 0.3) is 0 Å². The van der Waals surface area contributed by atoms with Gasteiger partial charge < -0.3 is 5.48 Å². The van der Waals surface area contributed by atoms with Gasteiger partial charge in [0.25, 0.3) is 0 Å². The Morgan fingerprint density at radius 1 is 1.14 bits per heavy atom. The second-order valence-corrected chi connectivity index (χ2v) is 8.61. The molecule has 118 valence electrons. The van der Waals surface area contributed by atoms with Crippen LogP contribution in [0.1, 0.15) is 71.6 Å². The van der Waals surface area contributed by atoms with E-state index in [-0.39, 0.29) is 56.9 Å². The molecule has 0 heterocycles. The molecule has 0 aromatic carbocycles. The van der Waals surface area contributed by atoms with Crippen LogP contribution in [0.5, 0.6) is 0 Å². The molecule has 0 saturated heterocycles. The van der Waals surface area contributed by atoms with Gasteiger partial charge in [0.2, 0.25) is 0 Å². The molecule has 4 aliphatic carbocycles. The van der Waals surface area contributed by atoms with E-state index >= 15 is 0 Å². The molecule has 0 unspecified atom stereocenters. The van der Waals surface area contributed by atoms with Crippen molar-refractivity contribution in [2.45, 2.75) is 71.6 Å². The molecule has 4 rings (SSSR count).